The van der Waals surface area contributed by atoms with Crippen molar-refractivity contribution in [2.45, 2.75) is 18.0 Å². The molecular formula is C11H10F6N2O5. The number of carboxylic acids is 2. The van der Waals surface area contributed by atoms with Crippen molar-refractivity contribution in [2.75, 3.05) is 5.32 Å². The third-order valence-electron chi connectivity index (χ3n) is 2.62. The van der Waals surface area contributed by atoms with Crippen molar-refractivity contribution in [1.82, 2.24) is 0 Å². The van der Waals surface area contributed by atoms with Gasteiger partial charge in [-0.1, -0.05) is 0 Å². The lowest BCUT2D eigenvalue weighted by Gasteiger charge is -2.32. The Kier molecular flexibility index (Phi) is 5.83. The Morgan fingerprint density at radius 2 is 1.42 bits per heavy atom. The van der Waals surface area contributed by atoms with E-state index < -0.39 is 46.8 Å². The van der Waals surface area contributed by atoms with Gasteiger partial charge >= 0.3 is 30.0 Å². The number of carboxylic acid groups (broad SMARTS) is 2. The molecule has 1 rings (SSSR count). The summed E-state index contributed by atoms with van der Waals surface area (Å²) in [6, 6.07) is 1.53. The minimum Gasteiger partial charge on any atom is -0.478 e. The van der Waals surface area contributed by atoms with Gasteiger partial charge in [0.15, 0.2) is 0 Å². The van der Waals surface area contributed by atoms with Crippen LogP contribution in [0.1, 0.15) is 20.7 Å². The summed E-state index contributed by atoms with van der Waals surface area (Å²) in [5.74, 6) is -14.3. The molecule has 0 radical (unpaired) electrons. The lowest BCUT2D eigenvalue weighted by Crippen LogP contribution is -2.64. The monoisotopic (exact) mass is 364 g/mol. The second kappa shape index (κ2) is 6.52. The molecule has 0 aliphatic rings. The molecule has 1 atom stereocenters. The van der Waals surface area contributed by atoms with E-state index in [0.29, 0.717) is 18.2 Å². The Balaban J connectivity index is 0.00000529. The highest BCUT2D eigenvalue weighted by Gasteiger charge is 2.70. The molecule has 136 valence electrons. The standard InChI is InChI=1S/C11H8F6N2O4.H2O/c12-9(13,10(14,15)16)11(17,18)19-4-1-2-5(7(20)21)6(3-4)8(22)23;/h1-3,19H,18H2,(H,20,21)(H,22,23);1H2. The molecule has 0 fully saturated rings. The molecule has 0 saturated heterocycles. The first-order chi connectivity index (χ1) is 10.2. The van der Waals surface area contributed by atoms with Crippen LogP contribution >= 0.6 is 0 Å². The normalized spacial score (nSPS) is 14.3. The molecule has 1 aromatic carbocycles. The van der Waals surface area contributed by atoms with Crippen molar-refractivity contribution in [2.24, 2.45) is 5.73 Å². The van der Waals surface area contributed by atoms with Gasteiger partial charge in [0, 0.05) is 5.69 Å². The fourth-order valence-corrected chi connectivity index (χ4v) is 1.48. The van der Waals surface area contributed by atoms with Crippen molar-refractivity contribution in [3.05, 3.63) is 29.3 Å². The number of anilines is 1. The van der Waals surface area contributed by atoms with Crippen LogP contribution in [0.2, 0.25) is 0 Å². The average molecular weight is 364 g/mol. The lowest BCUT2D eigenvalue weighted by molar-refractivity contribution is -0.321. The molecule has 0 aromatic heterocycles. The molecule has 0 aliphatic heterocycles. The van der Waals surface area contributed by atoms with Gasteiger partial charge in [0.25, 0.3) is 0 Å². The zero-order chi connectivity index (χ0) is 18.2. The van der Waals surface area contributed by atoms with E-state index in [1.165, 1.54) is 0 Å². The minimum atomic E-state index is -6.32. The van der Waals surface area contributed by atoms with E-state index in [4.69, 9.17) is 10.2 Å². The number of hydrogen-bond acceptors (Lipinski definition) is 4. The van der Waals surface area contributed by atoms with Gasteiger partial charge in [-0.3, -0.25) is 5.73 Å². The van der Waals surface area contributed by atoms with Gasteiger partial charge in [-0.05, 0) is 18.2 Å². The first-order valence-electron chi connectivity index (χ1n) is 5.52. The van der Waals surface area contributed by atoms with E-state index in [9.17, 15) is 35.9 Å². The van der Waals surface area contributed by atoms with Gasteiger partial charge in [-0.25, -0.2) is 9.59 Å². The summed E-state index contributed by atoms with van der Waals surface area (Å²) < 4.78 is 75.9. The van der Waals surface area contributed by atoms with Crippen molar-refractivity contribution < 1.29 is 51.6 Å². The SMILES string of the molecule is NC(F)(Nc1ccc(C(=O)O)c(C(=O)O)c1)C(F)(F)C(F)(F)F.O. The Morgan fingerprint density at radius 3 is 1.79 bits per heavy atom. The number of hydrogen-bond donors (Lipinski definition) is 4. The lowest BCUT2D eigenvalue weighted by atomic mass is 10.1. The quantitative estimate of drug-likeness (QED) is 0.354. The van der Waals surface area contributed by atoms with E-state index in [2.05, 4.69) is 5.73 Å². The van der Waals surface area contributed by atoms with Crippen LogP contribution in [0.25, 0.3) is 0 Å². The molecule has 0 bridgehead atoms. The number of alkyl halides is 6. The van der Waals surface area contributed by atoms with Gasteiger partial charge < -0.3 is 21.0 Å². The van der Waals surface area contributed by atoms with Crippen LogP contribution in [0.5, 0.6) is 0 Å². The van der Waals surface area contributed by atoms with Gasteiger partial charge in [0.2, 0.25) is 0 Å². The highest BCUT2D eigenvalue weighted by Crippen LogP contribution is 2.43. The van der Waals surface area contributed by atoms with Crippen molar-refractivity contribution in [3.63, 3.8) is 0 Å². The number of benzene rings is 1. The molecule has 7 nitrogen and oxygen atoms in total. The largest absolute Gasteiger partial charge is 0.478 e. The van der Waals surface area contributed by atoms with E-state index >= 15 is 0 Å². The molecule has 0 aliphatic carbocycles. The van der Waals surface area contributed by atoms with Gasteiger partial charge in [-0.15, -0.1) is 0 Å². The Bertz CT molecular complexity index is 646. The summed E-state index contributed by atoms with van der Waals surface area (Å²) in [7, 11) is 0. The zero-order valence-electron chi connectivity index (χ0n) is 11.3. The molecule has 0 saturated carbocycles. The Morgan fingerprint density at radius 1 is 0.958 bits per heavy atom. The van der Waals surface area contributed by atoms with E-state index in [1.807, 2.05) is 0 Å². The van der Waals surface area contributed by atoms with E-state index in [0.717, 1.165) is 5.32 Å². The molecule has 1 aromatic rings. The summed E-state index contributed by atoms with van der Waals surface area (Å²) in [6.45, 7) is 0. The fraction of sp³-hybridized carbons (Fsp3) is 0.273. The van der Waals surface area contributed by atoms with Crippen LogP contribution in [-0.4, -0.2) is 45.6 Å². The highest BCUT2D eigenvalue weighted by atomic mass is 19.4. The maximum atomic E-state index is 13.6. The number of aromatic carboxylic acids is 2. The Labute approximate surface area is 129 Å². The first kappa shape index (κ1) is 21.5. The topological polar surface area (TPSA) is 144 Å². The molecule has 0 spiro atoms. The first-order valence-corrected chi connectivity index (χ1v) is 5.52. The van der Waals surface area contributed by atoms with E-state index in [-0.39, 0.29) is 5.48 Å². The molecule has 1 unspecified atom stereocenters. The van der Waals surface area contributed by atoms with Gasteiger partial charge in [0.05, 0.1) is 11.1 Å². The molecule has 0 heterocycles. The zero-order valence-corrected chi connectivity index (χ0v) is 11.3. The van der Waals surface area contributed by atoms with Crippen molar-refractivity contribution in [1.29, 1.82) is 0 Å². The van der Waals surface area contributed by atoms with Gasteiger partial charge in [-0.2, -0.15) is 26.3 Å². The Hall–Kier alpha value is -2.54. The van der Waals surface area contributed by atoms with Crippen LogP contribution in [0.15, 0.2) is 18.2 Å². The van der Waals surface area contributed by atoms with Crippen LogP contribution in [0.4, 0.5) is 32.0 Å². The maximum Gasteiger partial charge on any atom is 0.460 e. The summed E-state index contributed by atoms with van der Waals surface area (Å²) >= 11 is 0. The number of carbonyl (C=O) groups is 2. The van der Waals surface area contributed by atoms with E-state index in [1.54, 1.807) is 0 Å². The molecule has 13 heteroatoms. The predicted octanol–water partition coefficient (Wildman–Crippen LogP) is 1.45. The maximum absolute atomic E-state index is 13.6. The van der Waals surface area contributed by atoms with Gasteiger partial charge in [0.1, 0.15) is 0 Å². The summed E-state index contributed by atoms with van der Waals surface area (Å²) in [4.78, 5) is 21.6. The summed E-state index contributed by atoms with van der Waals surface area (Å²) in [6.07, 6.45) is -6.32. The second-order valence-corrected chi connectivity index (χ2v) is 4.28. The molecule has 7 N–H and O–H groups in total. The number of rotatable bonds is 5. The third kappa shape index (κ3) is 3.86. The van der Waals surface area contributed by atoms with Crippen LogP contribution in [0, 0.1) is 0 Å². The highest BCUT2D eigenvalue weighted by molar-refractivity contribution is 6.02. The second-order valence-electron chi connectivity index (χ2n) is 4.28. The van der Waals surface area contributed by atoms with Crippen molar-refractivity contribution >= 4 is 17.6 Å². The smallest absolute Gasteiger partial charge is 0.460 e. The fourth-order valence-electron chi connectivity index (χ4n) is 1.48. The third-order valence-corrected chi connectivity index (χ3v) is 2.62. The average Bonchev–Trinajstić information content (AvgIpc) is 2.36. The summed E-state index contributed by atoms with van der Waals surface area (Å²) in [5.41, 5.74) is 1.69. The molecule has 24 heavy (non-hydrogen) atoms. The number of nitrogens with one attached hydrogen (secondary N) is 1. The minimum absolute atomic E-state index is 0. The van der Waals surface area contributed by atoms with Crippen LogP contribution < -0.4 is 11.1 Å². The van der Waals surface area contributed by atoms with Crippen LogP contribution in [-0.2, 0) is 0 Å². The van der Waals surface area contributed by atoms with Crippen LogP contribution in [0.3, 0.4) is 0 Å². The number of nitrogens with two attached hydrogens (primary N) is 1. The summed E-state index contributed by atoms with van der Waals surface area (Å²) in [5, 5.41) is 18.5. The van der Waals surface area contributed by atoms with Crippen molar-refractivity contribution in [3.8, 4) is 0 Å². The molecular weight excluding hydrogens is 354 g/mol. The number of halogens is 6. The predicted molar refractivity (Wildman–Crippen MR) is 66.6 cm³/mol. The molecule has 0 amide bonds.